The van der Waals surface area contributed by atoms with E-state index in [4.69, 9.17) is 5.73 Å². The first-order valence-corrected chi connectivity index (χ1v) is 5.10. The predicted molar refractivity (Wildman–Crippen MR) is 61.1 cm³/mol. The molecule has 15 heavy (non-hydrogen) atoms. The van der Waals surface area contributed by atoms with E-state index in [0.717, 1.165) is 5.56 Å². The molecule has 0 aliphatic heterocycles. The minimum absolute atomic E-state index is 0.109. The van der Waals surface area contributed by atoms with Gasteiger partial charge in [-0.2, -0.15) is 0 Å². The number of benzene rings is 1. The lowest BCUT2D eigenvalue weighted by Crippen LogP contribution is -2.42. The number of nitrogens with one attached hydrogen (secondary N) is 1. The maximum Gasteiger partial charge on any atom is 0.237 e. The summed E-state index contributed by atoms with van der Waals surface area (Å²) in [6.07, 6.45) is 1.26. The number of rotatable bonds is 5. The molecule has 0 bridgehead atoms. The Hall–Kier alpha value is -1.35. The summed E-state index contributed by atoms with van der Waals surface area (Å²) in [4.78, 5) is 11.4. The standard InChI is InChI=1S/C12H17N2O/c1-2-8-14-12(15)11(13)9-10-6-4-3-5-7-10/h3-7,11H,1-2,8-9,13H2,(H,14,15)/t11-/m0/s1. The first-order valence-electron chi connectivity index (χ1n) is 5.10. The summed E-state index contributed by atoms with van der Waals surface area (Å²) < 4.78 is 0. The predicted octanol–water partition coefficient (Wildman–Crippen LogP) is 0.897. The quantitative estimate of drug-likeness (QED) is 0.750. The molecule has 81 valence electrons. The number of nitrogens with two attached hydrogens (primary N) is 1. The van der Waals surface area contributed by atoms with Crippen LogP contribution in [0.3, 0.4) is 0 Å². The Balaban J connectivity index is 2.41. The van der Waals surface area contributed by atoms with Gasteiger partial charge in [0.05, 0.1) is 6.04 Å². The molecule has 1 aromatic carbocycles. The van der Waals surface area contributed by atoms with E-state index < -0.39 is 6.04 Å². The monoisotopic (exact) mass is 205 g/mol. The Morgan fingerprint density at radius 3 is 2.67 bits per heavy atom. The van der Waals surface area contributed by atoms with Crippen LogP contribution in [0.15, 0.2) is 30.3 Å². The Labute approximate surface area is 90.7 Å². The average Bonchev–Trinajstić information content (AvgIpc) is 2.27. The zero-order valence-electron chi connectivity index (χ0n) is 8.78. The highest BCUT2D eigenvalue weighted by Gasteiger charge is 2.12. The first-order chi connectivity index (χ1) is 7.24. The molecule has 3 heteroatoms. The maximum atomic E-state index is 11.4. The molecule has 0 aliphatic carbocycles. The molecule has 1 amide bonds. The van der Waals surface area contributed by atoms with Gasteiger partial charge in [0.1, 0.15) is 0 Å². The second kappa shape index (κ2) is 6.19. The molecule has 3 N–H and O–H groups in total. The molecule has 1 aromatic rings. The lowest BCUT2D eigenvalue weighted by molar-refractivity contribution is -0.122. The number of hydrogen-bond donors (Lipinski definition) is 2. The molecule has 1 atom stereocenters. The average molecular weight is 205 g/mol. The summed E-state index contributed by atoms with van der Waals surface area (Å²) in [5, 5.41) is 2.73. The zero-order valence-corrected chi connectivity index (χ0v) is 8.78. The molecule has 0 aliphatic rings. The van der Waals surface area contributed by atoms with Gasteiger partial charge in [-0.15, -0.1) is 0 Å². The van der Waals surface area contributed by atoms with Crippen LogP contribution in [-0.4, -0.2) is 18.5 Å². The minimum atomic E-state index is -0.473. The van der Waals surface area contributed by atoms with Crippen LogP contribution >= 0.6 is 0 Å². The minimum Gasteiger partial charge on any atom is -0.355 e. The number of hydrogen-bond acceptors (Lipinski definition) is 2. The Bertz CT molecular complexity index is 298. The highest BCUT2D eigenvalue weighted by molar-refractivity contribution is 5.81. The number of carbonyl (C=O) groups is 1. The molecule has 0 unspecified atom stereocenters. The highest BCUT2D eigenvalue weighted by atomic mass is 16.2. The van der Waals surface area contributed by atoms with E-state index in [1.807, 2.05) is 30.3 Å². The SMILES string of the molecule is [CH2]CCNC(=O)[C@@H](N)Cc1ccccc1. The van der Waals surface area contributed by atoms with Gasteiger partial charge in [0.15, 0.2) is 0 Å². The molecule has 0 saturated heterocycles. The van der Waals surface area contributed by atoms with Crippen molar-refractivity contribution >= 4 is 5.91 Å². The van der Waals surface area contributed by atoms with E-state index in [1.165, 1.54) is 0 Å². The van der Waals surface area contributed by atoms with E-state index >= 15 is 0 Å². The molecule has 0 spiro atoms. The van der Waals surface area contributed by atoms with Gasteiger partial charge < -0.3 is 11.1 Å². The van der Waals surface area contributed by atoms with Gasteiger partial charge in [0.2, 0.25) is 5.91 Å². The Morgan fingerprint density at radius 1 is 1.40 bits per heavy atom. The van der Waals surface area contributed by atoms with E-state index in [-0.39, 0.29) is 5.91 Å². The molecule has 1 rings (SSSR count). The van der Waals surface area contributed by atoms with Gasteiger partial charge in [0, 0.05) is 6.54 Å². The van der Waals surface area contributed by atoms with Crippen LogP contribution in [0.25, 0.3) is 0 Å². The van der Waals surface area contributed by atoms with E-state index in [9.17, 15) is 4.79 Å². The van der Waals surface area contributed by atoms with Crippen LogP contribution in [0.4, 0.5) is 0 Å². The summed E-state index contributed by atoms with van der Waals surface area (Å²) in [5.74, 6) is -0.109. The number of carbonyl (C=O) groups excluding carboxylic acids is 1. The van der Waals surface area contributed by atoms with Crippen LogP contribution in [-0.2, 0) is 11.2 Å². The molecule has 3 nitrogen and oxygen atoms in total. The van der Waals surface area contributed by atoms with Gasteiger partial charge in [0.25, 0.3) is 0 Å². The Kier molecular flexibility index (Phi) is 4.84. The van der Waals surface area contributed by atoms with E-state index in [2.05, 4.69) is 12.2 Å². The first kappa shape index (κ1) is 11.7. The summed E-state index contributed by atoms with van der Waals surface area (Å²) >= 11 is 0. The van der Waals surface area contributed by atoms with Crippen molar-refractivity contribution in [1.29, 1.82) is 0 Å². The van der Waals surface area contributed by atoms with Gasteiger partial charge in [-0.3, -0.25) is 4.79 Å². The second-order valence-corrected chi connectivity index (χ2v) is 3.44. The van der Waals surface area contributed by atoms with Crippen molar-refractivity contribution < 1.29 is 4.79 Å². The fourth-order valence-corrected chi connectivity index (χ4v) is 1.30. The zero-order chi connectivity index (χ0) is 11.1. The molecule has 0 heterocycles. The van der Waals surface area contributed by atoms with Crippen molar-refractivity contribution in [2.24, 2.45) is 5.73 Å². The summed E-state index contributed by atoms with van der Waals surface area (Å²) in [5.41, 5.74) is 6.84. The molecule has 0 fully saturated rings. The molecule has 0 aromatic heterocycles. The smallest absolute Gasteiger partial charge is 0.237 e. The van der Waals surface area contributed by atoms with Crippen molar-refractivity contribution in [3.05, 3.63) is 42.8 Å². The van der Waals surface area contributed by atoms with Gasteiger partial charge in [-0.25, -0.2) is 0 Å². The fourth-order valence-electron chi connectivity index (χ4n) is 1.30. The van der Waals surface area contributed by atoms with Crippen LogP contribution < -0.4 is 11.1 Å². The third kappa shape index (κ3) is 4.13. The summed E-state index contributed by atoms with van der Waals surface area (Å²) in [6.45, 7) is 4.23. The lowest BCUT2D eigenvalue weighted by atomic mass is 10.1. The number of amides is 1. The third-order valence-corrected chi connectivity index (χ3v) is 2.11. The summed E-state index contributed by atoms with van der Waals surface area (Å²) in [7, 11) is 0. The Morgan fingerprint density at radius 2 is 2.07 bits per heavy atom. The van der Waals surface area contributed by atoms with Gasteiger partial charge in [-0.1, -0.05) is 37.3 Å². The van der Waals surface area contributed by atoms with Gasteiger partial charge in [-0.05, 0) is 18.4 Å². The topological polar surface area (TPSA) is 55.1 Å². The van der Waals surface area contributed by atoms with Crippen molar-refractivity contribution in [2.45, 2.75) is 18.9 Å². The van der Waals surface area contributed by atoms with Crippen LogP contribution in [0.5, 0.6) is 0 Å². The third-order valence-electron chi connectivity index (χ3n) is 2.11. The molecular formula is C12H17N2O. The van der Waals surface area contributed by atoms with Crippen molar-refractivity contribution in [3.63, 3.8) is 0 Å². The van der Waals surface area contributed by atoms with Crippen molar-refractivity contribution in [3.8, 4) is 0 Å². The van der Waals surface area contributed by atoms with Crippen molar-refractivity contribution in [2.75, 3.05) is 6.54 Å². The maximum absolute atomic E-state index is 11.4. The normalized spacial score (nSPS) is 12.1. The van der Waals surface area contributed by atoms with Crippen LogP contribution in [0, 0.1) is 6.92 Å². The molecule has 1 radical (unpaired) electrons. The second-order valence-electron chi connectivity index (χ2n) is 3.44. The van der Waals surface area contributed by atoms with Gasteiger partial charge >= 0.3 is 0 Å². The highest BCUT2D eigenvalue weighted by Crippen LogP contribution is 2.01. The van der Waals surface area contributed by atoms with Crippen molar-refractivity contribution in [1.82, 2.24) is 5.32 Å². The van der Waals surface area contributed by atoms with E-state index in [0.29, 0.717) is 19.4 Å². The largest absolute Gasteiger partial charge is 0.355 e. The molecule has 0 saturated carbocycles. The van der Waals surface area contributed by atoms with Crippen LogP contribution in [0.1, 0.15) is 12.0 Å². The van der Waals surface area contributed by atoms with Crippen LogP contribution in [0.2, 0.25) is 0 Å². The lowest BCUT2D eigenvalue weighted by Gasteiger charge is -2.11. The van der Waals surface area contributed by atoms with E-state index in [1.54, 1.807) is 0 Å². The fraction of sp³-hybridized carbons (Fsp3) is 0.333. The summed E-state index contributed by atoms with van der Waals surface area (Å²) in [6, 6.07) is 9.28. The molecular weight excluding hydrogens is 188 g/mol.